The van der Waals surface area contributed by atoms with E-state index in [-0.39, 0.29) is 18.1 Å². The van der Waals surface area contributed by atoms with E-state index >= 15 is 0 Å². The molecule has 94 valence electrons. The minimum absolute atomic E-state index is 0.0107. The van der Waals surface area contributed by atoms with Crippen LogP contribution in [0.3, 0.4) is 0 Å². The fourth-order valence-corrected chi connectivity index (χ4v) is 1.70. The number of benzene rings is 1. The molecule has 3 nitrogen and oxygen atoms in total. The highest BCUT2D eigenvalue weighted by Crippen LogP contribution is 2.24. The Hall–Kier alpha value is -1.29. The van der Waals surface area contributed by atoms with Crippen molar-refractivity contribution in [1.82, 2.24) is 0 Å². The van der Waals surface area contributed by atoms with Crippen LogP contribution in [0, 0.1) is 5.82 Å². The second kappa shape index (κ2) is 6.45. The van der Waals surface area contributed by atoms with Crippen molar-refractivity contribution in [2.24, 2.45) is 0 Å². The Labute approximate surface area is 104 Å². The molecule has 0 aliphatic carbocycles. The first-order valence-electron chi connectivity index (χ1n) is 5.19. The lowest BCUT2D eigenvalue weighted by Gasteiger charge is -2.10. The molecule has 0 bridgehead atoms. The first-order valence-corrected chi connectivity index (χ1v) is 5.72. The molecule has 0 aliphatic heterocycles. The number of alkyl halides is 1. The van der Waals surface area contributed by atoms with Gasteiger partial charge in [-0.25, -0.2) is 4.39 Å². The molecule has 17 heavy (non-hydrogen) atoms. The first-order chi connectivity index (χ1) is 8.12. The quantitative estimate of drug-likeness (QED) is 0.603. The van der Waals surface area contributed by atoms with Crippen LogP contribution in [0.15, 0.2) is 12.1 Å². The third kappa shape index (κ3) is 3.60. The summed E-state index contributed by atoms with van der Waals surface area (Å²) in [5.74, 6) is -0.608. The van der Waals surface area contributed by atoms with Gasteiger partial charge in [-0.3, -0.25) is 4.79 Å². The fourth-order valence-electron chi connectivity index (χ4n) is 1.45. The maximum atomic E-state index is 13.5. The molecule has 0 fully saturated rings. The number of esters is 1. The van der Waals surface area contributed by atoms with E-state index in [2.05, 4.69) is 0 Å². The van der Waals surface area contributed by atoms with E-state index in [1.165, 1.54) is 19.2 Å². The van der Waals surface area contributed by atoms with Crippen LogP contribution >= 0.6 is 11.6 Å². The largest absolute Gasteiger partial charge is 0.494 e. The van der Waals surface area contributed by atoms with Crippen LogP contribution in [0.25, 0.3) is 0 Å². The summed E-state index contributed by atoms with van der Waals surface area (Å²) in [6.07, 6.45) is 0.0107. The average Bonchev–Trinajstić information content (AvgIpc) is 2.29. The zero-order chi connectivity index (χ0) is 12.8. The van der Waals surface area contributed by atoms with Gasteiger partial charge in [-0.15, -0.1) is 11.6 Å². The van der Waals surface area contributed by atoms with Crippen LogP contribution in [-0.4, -0.2) is 19.7 Å². The van der Waals surface area contributed by atoms with Crippen molar-refractivity contribution in [3.8, 4) is 5.75 Å². The molecule has 0 unspecified atom stereocenters. The van der Waals surface area contributed by atoms with Gasteiger partial charge in [0.15, 0.2) is 11.6 Å². The van der Waals surface area contributed by atoms with Crippen LogP contribution in [0.2, 0.25) is 0 Å². The predicted molar refractivity (Wildman–Crippen MR) is 62.8 cm³/mol. The lowest BCUT2D eigenvalue weighted by atomic mass is 10.0. The molecule has 0 saturated heterocycles. The van der Waals surface area contributed by atoms with Gasteiger partial charge in [-0.1, -0.05) is 0 Å². The van der Waals surface area contributed by atoms with Gasteiger partial charge in [0.05, 0.1) is 20.1 Å². The summed E-state index contributed by atoms with van der Waals surface area (Å²) >= 11 is 5.74. The maximum absolute atomic E-state index is 13.5. The molecular weight excluding hydrogens is 247 g/mol. The Kier molecular flexibility index (Phi) is 5.22. The number of carbonyl (C=O) groups excluding carboxylic acids is 1. The number of carbonyl (C=O) groups is 1. The van der Waals surface area contributed by atoms with Gasteiger partial charge in [0.25, 0.3) is 0 Å². The lowest BCUT2D eigenvalue weighted by molar-refractivity contribution is -0.142. The Bertz CT molecular complexity index is 407. The van der Waals surface area contributed by atoms with E-state index in [0.717, 1.165) is 0 Å². The molecule has 1 aromatic rings. The van der Waals surface area contributed by atoms with Gasteiger partial charge in [-0.05, 0) is 30.2 Å². The van der Waals surface area contributed by atoms with Crippen LogP contribution in [0.5, 0.6) is 5.75 Å². The monoisotopic (exact) mass is 260 g/mol. The third-order valence-electron chi connectivity index (χ3n) is 2.26. The van der Waals surface area contributed by atoms with Crippen LogP contribution < -0.4 is 4.74 Å². The molecule has 0 saturated carbocycles. The standard InChI is InChI=1S/C12H14ClFO3/c1-3-17-12(15)6-8-4-10(14)11(16-2)5-9(8)7-13/h4-5H,3,6-7H2,1-2H3. The van der Waals surface area contributed by atoms with Crippen molar-refractivity contribution in [1.29, 1.82) is 0 Å². The molecule has 0 atom stereocenters. The van der Waals surface area contributed by atoms with Crippen LogP contribution in [-0.2, 0) is 21.8 Å². The van der Waals surface area contributed by atoms with Crippen molar-refractivity contribution >= 4 is 17.6 Å². The molecule has 0 heterocycles. The maximum Gasteiger partial charge on any atom is 0.310 e. The Morgan fingerprint density at radius 2 is 2.12 bits per heavy atom. The normalized spacial score (nSPS) is 10.1. The van der Waals surface area contributed by atoms with Gasteiger partial charge in [-0.2, -0.15) is 0 Å². The van der Waals surface area contributed by atoms with Gasteiger partial charge in [0.1, 0.15) is 0 Å². The fraction of sp³-hybridized carbons (Fsp3) is 0.417. The first kappa shape index (κ1) is 13.8. The van der Waals surface area contributed by atoms with E-state index in [0.29, 0.717) is 17.7 Å². The molecular formula is C12H14ClFO3. The zero-order valence-corrected chi connectivity index (χ0v) is 10.5. The van der Waals surface area contributed by atoms with E-state index < -0.39 is 11.8 Å². The number of hydrogen-bond donors (Lipinski definition) is 0. The number of hydrogen-bond acceptors (Lipinski definition) is 3. The van der Waals surface area contributed by atoms with E-state index in [9.17, 15) is 9.18 Å². The molecule has 1 rings (SSSR count). The zero-order valence-electron chi connectivity index (χ0n) is 9.76. The number of methoxy groups -OCH3 is 1. The molecule has 0 aromatic heterocycles. The highest BCUT2D eigenvalue weighted by Gasteiger charge is 2.13. The number of ether oxygens (including phenoxy) is 2. The van der Waals surface area contributed by atoms with Crippen LogP contribution in [0.4, 0.5) is 4.39 Å². The summed E-state index contributed by atoms with van der Waals surface area (Å²) in [4.78, 5) is 11.3. The Morgan fingerprint density at radius 1 is 1.41 bits per heavy atom. The molecule has 1 aromatic carbocycles. The second-order valence-electron chi connectivity index (χ2n) is 3.37. The van der Waals surface area contributed by atoms with E-state index in [1.807, 2.05) is 0 Å². The van der Waals surface area contributed by atoms with Gasteiger partial charge < -0.3 is 9.47 Å². The Balaban J connectivity index is 2.98. The molecule has 0 spiro atoms. The van der Waals surface area contributed by atoms with Crippen molar-refractivity contribution in [2.45, 2.75) is 19.2 Å². The summed E-state index contributed by atoms with van der Waals surface area (Å²) in [5.41, 5.74) is 1.19. The number of halogens is 2. The summed E-state index contributed by atoms with van der Waals surface area (Å²) in [7, 11) is 1.38. The van der Waals surface area contributed by atoms with Crippen molar-refractivity contribution in [2.75, 3.05) is 13.7 Å². The van der Waals surface area contributed by atoms with Gasteiger partial charge in [0, 0.05) is 5.88 Å². The molecule has 0 aliphatic rings. The SMILES string of the molecule is CCOC(=O)Cc1cc(F)c(OC)cc1CCl. The second-order valence-corrected chi connectivity index (χ2v) is 3.64. The molecule has 0 radical (unpaired) electrons. The smallest absolute Gasteiger partial charge is 0.310 e. The topological polar surface area (TPSA) is 35.5 Å². The summed E-state index contributed by atoms with van der Waals surface area (Å²) in [6.45, 7) is 2.02. The van der Waals surface area contributed by atoms with E-state index in [1.54, 1.807) is 6.92 Å². The van der Waals surface area contributed by atoms with Crippen molar-refractivity contribution < 1.29 is 18.7 Å². The molecule has 0 N–H and O–H groups in total. The highest BCUT2D eigenvalue weighted by molar-refractivity contribution is 6.17. The predicted octanol–water partition coefficient (Wildman–Crippen LogP) is 2.68. The van der Waals surface area contributed by atoms with Crippen molar-refractivity contribution in [3.05, 3.63) is 29.1 Å². The minimum atomic E-state index is -0.513. The molecule has 5 heteroatoms. The minimum Gasteiger partial charge on any atom is -0.494 e. The average molecular weight is 261 g/mol. The summed E-state index contributed by atoms with van der Waals surface area (Å²) in [6, 6.07) is 2.75. The summed E-state index contributed by atoms with van der Waals surface area (Å²) < 4.78 is 23.1. The molecule has 0 amide bonds. The van der Waals surface area contributed by atoms with Crippen molar-refractivity contribution in [3.63, 3.8) is 0 Å². The highest BCUT2D eigenvalue weighted by atomic mass is 35.5. The lowest BCUT2D eigenvalue weighted by Crippen LogP contribution is -2.09. The van der Waals surface area contributed by atoms with Gasteiger partial charge in [0.2, 0.25) is 0 Å². The van der Waals surface area contributed by atoms with Gasteiger partial charge >= 0.3 is 5.97 Å². The van der Waals surface area contributed by atoms with Crippen LogP contribution in [0.1, 0.15) is 18.1 Å². The third-order valence-corrected chi connectivity index (χ3v) is 2.55. The summed E-state index contributed by atoms with van der Waals surface area (Å²) in [5, 5.41) is 0. The van der Waals surface area contributed by atoms with E-state index in [4.69, 9.17) is 21.1 Å². The number of rotatable bonds is 5. The Morgan fingerprint density at radius 3 is 2.65 bits per heavy atom.